The molecule has 1 aliphatic rings. The maximum atomic E-state index is 11.6. The van der Waals surface area contributed by atoms with E-state index in [4.69, 9.17) is 14.6 Å². The number of rotatable bonds is 5. The van der Waals surface area contributed by atoms with Gasteiger partial charge in [0.2, 0.25) is 0 Å². The second-order valence-electron chi connectivity index (χ2n) is 3.78. The molecule has 1 fully saturated rings. The molecule has 0 spiro atoms. The number of esters is 1. The summed E-state index contributed by atoms with van der Waals surface area (Å²) in [7, 11) is 0. The van der Waals surface area contributed by atoms with Crippen molar-refractivity contribution in [3.63, 3.8) is 0 Å². The summed E-state index contributed by atoms with van der Waals surface area (Å²) >= 11 is 0. The highest BCUT2D eigenvalue weighted by atomic mass is 16.5. The topological polar surface area (TPSA) is 55.8 Å². The van der Waals surface area contributed by atoms with Crippen molar-refractivity contribution in [3.8, 4) is 0 Å². The van der Waals surface area contributed by atoms with E-state index in [2.05, 4.69) is 0 Å². The van der Waals surface area contributed by atoms with Crippen molar-refractivity contribution in [3.05, 3.63) is 0 Å². The van der Waals surface area contributed by atoms with Gasteiger partial charge in [-0.25, -0.2) is 0 Å². The molecule has 2 atom stereocenters. The number of aliphatic hydroxyl groups is 1. The van der Waals surface area contributed by atoms with Crippen molar-refractivity contribution < 1.29 is 19.4 Å². The van der Waals surface area contributed by atoms with E-state index >= 15 is 0 Å². The second kappa shape index (κ2) is 6.80. The van der Waals surface area contributed by atoms with Crippen LogP contribution < -0.4 is 0 Å². The lowest BCUT2D eigenvalue weighted by Crippen LogP contribution is -2.35. The number of ether oxygens (including phenoxy) is 2. The van der Waals surface area contributed by atoms with Crippen LogP contribution in [0.25, 0.3) is 0 Å². The van der Waals surface area contributed by atoms with Crippen LogP contribution in [-0.4, -0.2) is 37.0 Å². The van der Waals surface area contributed by atoms with E-state index in [0.717, 1.165) is 25.7 Å². The molecular formula is C11H20O4. The molecule has 0 aromatic rings. The summed E-state index contributed by atoms with van der Waals surface area (Å²) in [5, 5.41) is 8.68. The first kappa shape index (κ1) is 12.5. The van der Waals surface area contributed by atoms with Crippen LogP contribution in [0, 0.1) is 5.92 Å². The molecule has 4 nitrogen and oxygen atoms in total. The van der Waals surface area contributed by atoms with Gasteiger partial charge < -0.3 is 14.6 Å². The van der Waals surface area contributed by atoms with Crippen molar-refractivity contribution in [2.45, 2.75) is 38.7 Å². The lowest BCUT2D eigenvalue weighted by atomic mass is 9.86. The van der Waals surface area contributed by atoms with Gasteiger partial charge in [0.25, 0.3) is 0 Å². The Labute approximate surface area is 90.6 Å². The van der Waals surface area contributed by atoms with E-state index in [1.807, 2.05) is 6.92 Å². The van der Waals surface area contributed by atoms with Gasteiger partial charge in [0.15, 0.2) is 0 Å². The third-order valence-corrected chi connectivity index (χ3v) is 2.72. The Morgan fingerprint density at radius 2 is 2.13 bits per heavy atom. The fourth-order valence-corrected chi connectivity index (χ4v) is 2.02. The van der Waals surface area contributed by atoms with Gasteiger partial charge >= 0.3 is 5.97 Å². The summed E-state index contributed by atoms with van der Waals surface area (Å²) in [6.07, 6.45) is 3.82. The van der Waals surface area contributed by atoms with Crippen LogP contribution in [0.2, 0.25) is 0 Å². The molecule has 0 aromatic heterocycles. The first-order chi connectivity index (χ1) is 7.29. The molecule has 4 heteroatoms. The van der Waals surface area contributed by atoms with Crippen LogP contribution in [0.3, 0.4) is 0 Å². The number of carbonyl (C=O) groups is 1. The highest BCUT2D eigenvalue weighted by Crippen LogP contribution is 2.27. The van der Waals surface area contributed by atoms with E-state index in [1.54, 1.807) is 0 Å². The minimum absolute atomic E-state index is 0.00600. The minimum atomic E-state index is -0.153. The van der Waals surface area contributed by atoms with Gasteiger partial charge in [0, 0.05) is 0 Å². The zero-order valence-corrected chi connectivity index (χ0v) is 9.28. The van der Waals surface area contributed by atoms with Gasteiger partial charge in [-0.05, 0) is 19.8 Å². The molecule has 1 saturated carbocycles. The highest BCUT2D eigenvalue weighted by molar-refractivity contribution is 5.73. The van der Waals surface area contributed by atoms with Crippen LogP contribution >= 0.6 is 0 Å². The fourth-order valence-electron chi connectivity index (χ4n) is 2.02. The Hall–Kier alpha value is -0.610. The van der Waals surface area contributed by atoms with Gasteiger partial charge in [-0.15, -0.1) is 0 Å². The maximum Gasteiger partial charge on any atom is 0.311 e. The smallest absolute Gasteiger partial charge is 0.311 e. The zero-order chi connectivity index (χ0) is 11.1. The van der Waals surface area contributed by atoms with Gasteiger partial charge in [-0.2, -0.15) is 0 Å². The fraction of sp³-hybridized carbons (Fsp3) is 0.909. The molecule has 0 aromatic carbocycles. The average Bonchev–Trinajstić information content (AvgIpc) is 2.27. The van der Waals surface area contributed by atoms with Crippen molar-refractivity contribution in [2.24, 2.45) is 5.92 Å². The molecule has 1 N–H and O–H groups in total. The standard InChI is InChI=1S/C11H20O4/c1-2-14-11(13)9-5-3-4-6-10(9)15-8-7-12/h9-10,12H,2-8H2,1H3. The average molecular weight is 216 g/mol. The predicted octanol–water partition coefficient (Wildman–Crippen LogP) is 1.12. The van der Waals surface area contributed by atoms with Crippen LogP contribution in [0.5, 0.6) is 0 Å². The Kier molecular flexibility index (Phi) is 5.65. The maximum absolute atomic E-state index is 11.6. The Morgan fingerprint density at radius 1 is 1.40 bits per heavy atom. The van der Waals surface area contributed by atoms with Gasteiger partial charge in [0.05, 0.1) is 31.8 Å². The van der Waals surface area contributed by atoms with E-state index in [1.165, 1.54) is 0 Å². The first-order valence-electron chi connectivity index (χ1n) is 5.68. The Balaban J connectivity index is 2.45. The predicted molar refractivity (Wildman–Crippen MR) is 55.4 cm³/mol. The largest absolute Gasteiger partial charge is 0.466 e. The molecule has 0 amide bonds. The molecule has 0 aliphatic heterocycles. The number of carbonyl (C=O) groups excluding carboxylic acids is 1. The van der Waals surface area contributed by atoms with Crippen LogP contribution in [0.1, 0.15) is 32.6 Å². The molecule has 88 valence electrons. The van der Waals surface area contributed by atoms with Crippen LogP contribution in [0.15, 0.2) is 0 Å². The summed E-state index contributed by atoms with van der Waals surface area (Å²) in [4.78, 5) is 11.6. The highest BCUT2D eigenvalue weighted by Gasteiger charge is 2.32. The van der Waals surface area contributed by atoms with E-state index in [0.29, 0.717) is 13.2 Å². The normalized spacial score (nSPS) is 26.3. The third kappa shape index (κ3) is 3.80. The molecule has 1 aliphatic carbocycles. The lowest BCUT2D eigenvalue weighted by molar-refractivity contribution is -0.156. The third-order valence-electron chi connectivity index (χ3n) is 2.72. The van der Waals surface area contributed by atoms with E-state index in [9.17, 15) is 4.79 Å². The van der Waals surface area contributed by atoms with Gasteiger partial charge in [-0.1, -0.05) is 12.8 Å². The Morgan fingerprint density at radius 3 is 2.80 bits per heavy atom. The number of aliphatic hydroxyl groups excluding tert-OH is 1. The monoisotopic (exact) mass is 216 g/mol. The molecule has 15 heavy (non-hydrogen) atoms. The summed E-state index contributed by atoms with van der Waals surface area (Å²) < 4.78 is 10.5. The second-order valence-corrected chi connectivity index (χ2v) is 3.78. The minimum Gasteiger partial charge on any atom is -0.466 e. The molecule has 0 radical (unpaired) electrons. The first-order valence-corrected chi connectivity index (χ1v) is 5.68. The molecular weight excluding hydrogens is 196 g/mol. The van der Waals surface area contributed by atoms with E-state index < -0.39 is 0 Å². The van der Waals surface area contributed by atoms with E-state index in [-0.39, 0.29) is 24.6 Å². The molecule has 0 heterocycles. The van der Waals surface area contributed by atoms with Crippen molar-refractivity contribution in [2.75, 3.05) is 19.8 Å². The zero-order valence-electron chi connectivity index (χ0n) is 9.28. The number of hydrogen-bond acceptors (Lipinski definition) is 4. The Bertz CT molecular complexity index is 193. The van der Waals surface area contributed by atoms with Gasteiger partial charge in [-0.3, -0.25) is 4.79 Å². The lowest BCUT2D eigenvalue weighted by Gasteiger charge is -2.29. The number of hydrogen-bond donors (Lipinski definition) is 1. The van der Waals surface area contributed by atoms with Crippen molar-refractivity contribution in [1.29, 1.82) is 0 Å². The SMILES string of the molecule is CCOC(=O)C1CCCCC1OCCO. The molecule has 0 saturated heterocycles. The van der Waals surface area contributed by atoms with Gasteiger partial charge in [0.1, 0.15) is 0 Å². The molecule has 2 unspecified atom stereocenters. The molecule has 0 bridgehead atoms. The summed E-state index contributed by atoms with van der Waals surface area (Å²) in [5.41, 5.74) is 0. The summed E-state index contributed by atoms with van der Waals surface area (Å²) in [6.45, 7) is 2.54. The molecule has 1 rings (SSSR count). The summed E-state index contributed by atoms with van der Waals surface area (Å²) in [6, 6.07) is 0. The van der Waals surface area contributed by atoms with Crippen LogP contribution in [0.4, 0.5) is 0 Å². The van der Waals surface area contributed by atoms with Crippen molar-refractivity contribution >= 4 is 5.97 Å². The van der Waals surface area contributed by atoms with Crippen molar-refractivity contribution in [1.82, 2.24) is 0 Å². The summed E-state index contributed by atoms with van der Waals surface area (Å²) in [5.74, 6) is -0.287. The quantitative estimate of drug-likeness (QED) is 0.700. The van der Waals surface area contributed by atoms with Crippen LogP contribution in [-0.2, 0) is 14.3 Å².